The van der Waals surface area contributed by atoms with Gasteiger partial charge in [-0.1, -0.05) is 0 Å². The maximum absolute atomic E-state index is 13.6. The standard InChI is InChI=1S/C16H16FNO4/c1-20-13-6-4-10(8-12(13)17)16(19)18-11-5-7-14(21-2)15(9-11)22-3/h4-9H,1-3H3,(H,18,19). The van der Waals surface area contributed by atoms with E-state index < -0.39 is 11.7 Å². The van der Waals surface area contributed by atoms with Crippen molar-refractivity contribution in [1.29, 1.82) is 0 Å². The number of hydrogen-bond acceptors (Lipinski definition) is 4. The van der Waals surface area contributed by atoms with Crippen LogP contribution in [0.3, 0.4) is 0 Å². The average Bonchev–Trinajstić information content (AvgIpc) is 2.54. The largest absolute Gasteiger partial charge is 0.494 e. The summed E-state index contributed by atoms with van der Waals surface area (Å²) in [5, 5.41) is 2.67. The Morgan fingerprint density at radius 3 is 2.14 bits per heavy atom. The van der Waals surface area contributed by atoms with Crippen molar-refractivity contribution in [2.45, 2.75) is 0 Å². The quantitative estimate of drug-likeness (QED) is 0.922. The van der Waals surface area contributed by atoms with E-state index in [1.54, 1.807) is 18.2 Å². The third-order valence-electron chi connectivity index (χ3n) is 3.06. The van der Waals surface area contributed by atoms with Gasteiger partial charge in [0.05, 0.1) is 21.3 Å². The lowest BCUT2D eigenvalue weighted by Crippen LogP contribution is -2.12. The number of carbonyl (C=O) groups excluding carboxylic acids is 1. The summed E-state index contributed by atoms with van der Waals surface area (Å²) < 4.78 is 28.7. The van der Waals surface area contributed by atoms with Crippen molar-refractivity contribution < 1.29 is 23.4 Å². The molecule has 1 N–H and O–H groups in total. The van der Waals surface area contributed by atoms with Gasteiger partial charge >= 0.3 is 0 Å². The lowest BCUT2D eigenvalue weighted by Gasteiger charge is -2.11. The van der Waals surface area contributed by atoms with Crippen LogP contribution in [0.15, 0.2) is 36.4 Å². The molecule has 0 unspecified atom stereocenters. The van der Waals surface area contributed by atoms with Crippen LogP contribution in [0.2, 0.25) is 0 Å². The molecular weight excluding hydrogens is 289 g/mol. The van der Waals surface area contributed by atoms with Gasteiger partial charge in [-0.25, -0.2) is 4.39 Å². The molecule has 2 aromatic rings. The molecule has 0 bridgehead atoms. The predicted octanol–water partition coefficient (Wildman–Crippen LogP) is 3.10. The molecule has 0 heterocycles. The fraction of sp³-hybridized carbons (Fsp3) is 0.188. The number of benzene rings is 2. The third-order valence-corrected chi connectivity index (χ3v) is 3.06. The predicted molar refractivity (Wildman–Crippen MR) is 80.5 cm³/mol. The topological polar surface area (TPSA) is 56.8 Å². The highest BCUT2D eigenvalue weighted by Gasteiger charge is 2.12. The molecule has 0 fully saturated rings. The van der Waals surface area contributed by atoms with Gasteiger partial charge in [0.2, 0.25) is 0 Å². The van der Waals surface area contributed by atoms with E-state index >= 15 is 0 Å². The number of nitrogens with one attached hydrogen (secondary N) is 1. The lowest BCUT2D eigenvalue weighted by atomic mass is 10.2. The Balaban J connectivity index is 2.20. The Morgan fingerprint density at radius 1 is 0.909 bits per heavy atom. The van der Waals surface area contributed by atoms with Crippen LogP contribution in [0.5, 0.6) is 17.2 Å². The Hall–Kier alpha value is -2.76. The second-order valence-corrected chi connectivity index (χ2v) is 4.37. The number of anilines is 1. The smallest absolute Gasteiger partial charge is 0.255 e. The van der Waals surface area contributed by atoms with Gasteiger partial charge < -0.3 is 19.5 Å². The zero-order valence-electron chi connectivity index (χ0n) is 12.5. The van der Waals surface area contributed by atoms with E-state index in [-0.39, 0.29) is 11.3 Å². The van der Waals surface area contributed by atoms with Crippen molar-refractivity contribution in [3.8, 4) is 17.2 Å². The van der Waals surface area contributed by atoms with Crippen LogP contribution in [-0.2, 0) is 0 Å². The molecule has 0 aromatic heterocycles. The van der Waals surface area contributed by atoms with Crippen molar-refractivity contribution in [3.05, 3.63) is 47.8 Å². The summed E-state index contributed by atoms with van der Waals surface area (Å²) in [5.41, 5.74) is 0.701. The summed E-state index contributed by atoms with van der Waals surface area (Å²) in [6.45, 7) is 0. The Kier molecular flexibility index (Phi) is 4.83. The van der Waals surface area contributed by atoms with Gasteiger partial charge in [0.1, 0.15) is 0 Å². The van der Waals surface area contributed by atoms with E-state index in [1.807, 2.05) is 0 Å². The molecule has 0 aliphatic carbocycles. The molecule has 22 heavy (non-hydrogen) atoms. The molecule has 2 aromatic carbocycles. The first kappa shape index (κ1) is 15.6. The summed E-state index contributed by atoms with van der Waals surface area (Å²) in [6, 6.07) is 8.96. The minimum Gasteiger partial charge on any atom is -0.494 e. The van der Waals surface area contributed by atoms with Gasteiger partial charge in [0, 0.05) is 17.3 Å². The number of ether oxygens (including phenoxy) is 3. The van der Waals surface area contributed by atoms with Crippen molar-refractivity contribution in [3.63, 3.8) is 0 Å². The number of methoxy groups -OCH3 is 3. The fourth-order valence-electron chi connectivity index (χ4n) is 1.92. The minimum atomic E-state index is -0.595. The molecule has 0 aliphatic rings. The summed E-state index contributed by atoms with van der Waals surface area (Å²) in [5.74, 6) is 0.0936. The molecule has 0 spiro atoms. The average molecular weight is 305 g/mol. The number of rotatable bonds is 5. The molecule has 116 valence electrons. The van der Waals surface area contributed by atoms with Crippen molar-refractivity contribution in [1.82, 2.24) is 0 Å². The molecule has 0 saturated heterocycles. The summed E-state index contributed by atoms with van der Waals surface area (Å²) >= 11 is 0. The van der Waals surface area contributed by atoms with Gasteiger partial charge in [-0.05, 0) is 30.3 Å². The van der Waals surface area contributed by atoms with Crippen LogP contribution >= 0.6 is 0 Å². The highest BCUT2D eigenvalue weighted by Crippen LogP contribution is 2.30. The molecular formula is C16H16FNO4. The second-order valence-electron chi connectivity index (χ2n) is 4.37. The summed E-state index contributed by atoms with van der Waals surface area (Å²) in [6.07, 6.45) is 0. The van der Waals surface area contributed by atoms with Crippen molar-refractivity contribution in [2.75, 3.05) is 26.6 Å². The van der Waals surface area contributed by atoms with Crippen molar-refractivity contribution in [2.24, 2.45) is 0 Å². The number of carbonyl (C=O) groups is 1. The van der Waals surface area contributed by atoms with Gasteiger partial charge in [-0.15, -0.1) is 0 Å². The molecule has 0 saturated carbocycles. The Bertz CT molecular complexity index is 688. The van der Waals surface area contributed by atoms with E-state index in [2.05, 4.69) is 5.32 Å². The SMILES string of the molecule is COc1ccc(C(=O)Nc2ccc(OC)c(OC)c2)cc1F. The maximum atomic E-state index is 13.6. The van der Waals surface area contributed by atoms with Crippen LogP contribution in [0.1, 0.15) is 10.4 Å². The third kappa shape index (κ3) is 3.28. The summed E-state index contributed by atoms with van der Waals surface area (Å²) in [4.78, 5) is 12.1. The lowest BCUT2D eigenvalue weighted by molar-refractivity contribution is 0.102. The minimum absolute atomic E-state index is 0.0858. The van der Waals surface area contributed by atoms with Crippen molar-refractivity contribution >= 4 is 11.6 Å². The van der Waals surface area contributed by atoms with Crippen LogP contribution in [0.4, 0.5) is 10.1 Å². The molecule has 2 rings (SSSR count). The first-order chi connectivity index (χ1) is 10.6. The van der Waals surface area contributed by atoms with Crippen LogP contribution in [0.25, 0.3) is 0 Å². The van der Waals surface area contributed by atoms with Gasteiger partial charge in [-0.2, -0.15) is 0 Å². The van der Waals surface area contributed by atoms with Gasteiger partial charge in [-0.3, -0.25) is 4.79 Å². The molecule has 5 nitrogen and oxygen atoms in total. The zero-order valence-corrected chi connectivity index (χ0v) is 12.5. The molecule has 0 aliphatic heterocycles. The molecule has 0 radical (unpaired) electrons. The van der Waals surface area contributed by atoms with E-state index in [0.717, 1.165) is 6.07 Å². The van der Waals surface area contributed by atoms with E-state index in [4.69, 9.17) is 14.2 Å². The normalized spacial score (nSPS) is 10.0. The molecule has 6 heteroatoms. The Morgan fingerprint density at radius 2 is 1.55 bits per heavy atom. The first-order valence-corrected chi connectivity index (χ1v) is 6.46. The van der Waals surface area contributed by atoms with Gasteiger partial charge in [0.15, 0.2) is 23.1 Å². The van der Waals surface area contributed by atoms with Crippen LogP contribution in [-0.4, -0.2) is 27.2 Å². The van der Waals surface area contributed by atoms with Crippen LogP contribution < -0.4 is 19.5 Å². The summed E-state index contributed by atoms with van der Waals surface area (Å²) in [7, 11) is 4.39. The highest BCUT2D eigenvalue weighted by molar-refractivity contribution is 6.04. The van der Waals surface area contributed by atoms with E-state index in [9.17, 15) is 9.18 Å². The number of amides is 1. The second kappa shape index (κ2) is 6.80. The van der Waals surface area contributed by atoms with E-state index in [1.165, 1.54) is 33.5 Å². The molecule has 1 amide bonds. The fourth-order valence-corrected chi connectivity index (χ4v) is 1.92. The number of halogens is 1. The maximum Gasteiger partial charge on any atom is 0.255 e. The number of hydrogen-bond donors (Lipinski definition) is 1. The van der Waals surface area contributed by atoms with E-state index in [0.29, 0.717) is 17.2 Å². The van der Waals surface area contributed by atoms with Gasteiger partial charge in [0.25, 0.3) is 5.91 Å². The zero-order chi connectivity index (χ0) is 16.1. The highest BCUT2D eigenvalue weighted by atomic mass is 19.1. The monoisotopic (exact) mass is 305 g/mol. The first-order valence-electron chi connectivity index (χ1n) is 6.46. The molecule has 0 atom stereocenters. The Labute approximate surface area is 127 Å². The van der Waals surface area contributed by atoms with Crippen LogP contribution in [0, 0.1) is 5.82 Å².